The number of amides is 1. The van der Waals surface area contributed by atoms with Crippen molar-refractivity contribution in [3.63, 3.8) is 0 Å². The number of piperidine rings is 1. The summed E-state index contributed by atoms with van der Waals surface area (Å²) in [5, 5.41) is 4.51. The van der Waals surface area contributed by atoms with Crippen molar-refractivity contribution in [3.05, 3.63) is 83.2 Å². The third kappa shape index (κ3) is 3.32. The monoisotopic (exact) mass is 402 g/mol. The zero-order chi connectivity index (χ0) is 20.7. The molecule has 0 unspecified atom stereocenters. The van der Waals surface area contributed by atoms with Crippen LogP contribution < -0.4 is 5.73 Å². The van der Waals surface area contributed by atoms with Crippen LogP contribution in [0.1, 0.15) is 41.2 Å². The van der Waals surface area contributed by atoms with Gasteiger partial charge in [-0.05, 0) is 43.0 Å². The lowest BCUT2D eigenvalue weighted by Gasteiger charge is -2.39. The second-order valence-electron chi connectivity index (χ2n) is 8.39. The number of para-hydroxylation sites is 1. The van der Waals surface area contributed by atoms with Gasteiger partial charge in [0.1, 0.15) is 0 Å². The SMILES string of the molecule is Cc1ccc2c(c1)C1(CCN(Cc3cnn(-c4ccccc4)c3)CC1)O[C@H]2C(N)=O. The number of ether oxygens (including phenoxy) is 1. The predicted molar refractivity (Wildman–Crippen MR) is 114 cm³/mol. The topological polar surface area (TPSA) is 73.4 Å². The number of aryl methyl sites for hydroxylation is 1. The summed E-state index contributed by atoms with van der Waals surface area (Å²) in [6, 6.07) is 16.3. The van der Waals surface area contributed by atoms with Crippen molar-refractivity contribution in [2.24, 2.45) is 5.73 Å². The average Bonchev–Trinajstić information content (AvgIpc) is 3.34. The molecule has 0 aliphatic carbocycles. The minimum absolute atomic E-state index is 0.410. The second kappa shape index (κ2) is 7.38. The number of fused-ring (bicyclic) bond motifs is 2. The fraction of sp³-hybridized carbons (Fsp3) is 0.333. The van der Waals surface area contributed by atoms with E-state index in [1.165, 1.54) is 11.1 Å². The Balaban J connectivity index is 1.30. The Bertz CT molecular complexity index is 1070. The number of rotatable bonds is 4. The van der Waals surface area contributed by atoms with Crippen LogP contribution in [0.25, 0.3) is 5.69 Å². The van der Waals surface area contributed by atoms with Gasteiger partial charge in [0.15, 0.2) is 6.10 Å². The van der Waals surface area contributed by atoms with E-state index in [1.807, 2.05) is 53.3 Å². The van der Waals surface area contributed by atoms with Crippen LogP contribution in [0.3, 0.4) is 0 Å². The van der Waals surface area contributed by atoms with Crippen LogP contribution in [-0.2, 0) is 21.7 Å². The van der Waals surface area contributed by atoms with Crippen LogP contribution in [0.2, 0.25) is 0 Å². The molecule has 1 fully saturated rings. The molecule has 6 heteroatoms. The smallest absolute Gasteiger partial charge is 0.251 e. The fourth-order valence-corrected chi connectivity index (χ4v) is 4.74. The van der Waals surface area contributed by atoms with E-state index in [0.29, 0.717) is 0 Å². The van der Waals surface area contributed by atoms with Crippen molar-refractivity contribution in [2.75, 3.05) is 13.1 Å². The summed E-state index contributed by atoms with van der Waals surface area (Å²) in [6.45, 7) is 4.72. The molecule has 2 aliphatic heterocycles. The zero-order valence-corrected chi connectivity index (χ0v) is 17.1. The number of benzene rings is 2. The van der Waals surface area contributed by atoms with E-state index in [-0.39, 0.29) is 0 Å². The molecule has 2 aliphatic rings. The third-order valence-corrected chi connectivity index (χ3v) is 6.31. The molecule has 0 saturated carbocycles. The van der Waals surface area contributed by atoms with E-state index in [1.54, 1.807) is 0 Å². The van der Waals surface area contributed by atoms with E-state index in [2.05, 4.69) is 29.2 Å². The van der Waals surface area contributed by atoms with E-state index in [0.717, 1.165) is 49.3 Å². The molecule has 1 saturated heterocycles. The molecule has 6 nitrogen and oxygen atoms in total. The molecule has 3 aromatic rings. The van der Waals surface area contributed by atoms with E-state index in [9.17, 15) is 4.79 Å². The normalized spacial score (nSPS) is 20.4. The molecular formula is C24H26N4O2. The van der Waals surface area contributed by atoms with Gasteiger partial charge in [0.05, 0.1) is 17.5 Å². The molecule has 154 valence electrons. The molecule has 1 amide bonds. The van der Waals surface area contributed by atoms with Crippen molar-refractivity contribution in [3.8, 4) is 5.69 Å². The van der Waals surface area contributed by atoms with Crippen LogP contribution in [-0.4, -0.2) is 33.7 Å². The van der Waals surface area contributed by atoms with E-state index < -0.39 is 17.6 Å². The van der Waals surface area contributed by atoms with Gasteiger partial charge in [0.2, 0.25) is 0 Å². The van der Waals surface area contributed by atoms with Gasteiger partial charge in [-0.15, -0.1) is 0 Å². The van der Waals surface area contributed by atoms with Gasteiger partial charge < -0.3 is 10.5 Å². The first kappa shape index (κ1) is 19.0. The van der Waals surface area contributed by atoms with Crippen LogP contribution in [0, 0.1) is 6.92 Å². The Morgan fingerprint density at radius 1 is 1.20 bits per heavy atom. The summed E-state index contributed by atoms with van der Waals surface area (Å²) in [7, 11) is 0. The quantitative estimate of drug-likeness (QED) is 0.727. The first-order chi connectivity index (χ1) is 14.5. The van der Waals surface area contributed by atoms with E-state index >= 15 is 0 Å². The zero-order valence-electron chi connectivity index (χ0n) is 17.1. The maximum atomic E-state index is 12.0. The number of likely N-dealkylation sites (tertiary alicyclic amines) is 1. The second-order valence-corrected chi connectivity index (χ2v) is 8.39. The Morgan fingerprint density at radius 3 is 2.70 bits per heavy atom. The van der Waals surface area contributed by atoms with Gasteiger partial charge >= 0.3 is 0 Å². The summed E-state index contributed by atoms with van der Waals surface area (Å²) < 4.78 is 8.23. The van der Waals surface area contributed by atoms with Crippen molar-refractivity contribution in [2.45, 2.75) is 38.0 Å². The van der Waals surface area contributed by atoms with E-state index in [4.69, 9.17) is 10.5 Å². The summed E-state index contributed by atoms with van der Waals surface area (Å²) in [6.07, 6.45) is 5.08. The van der Waals surface area contributed by atoms with Gasteiger partial charge in [-0.3, -0.25) is 9.69 Å². The number of aromatic nitrogens is 2. The first-order valence-electron chi connectivity index (χ1n) is 10.4. The Morgan fingerprint density at radius 2 is 1.97 bits per heavy atom. The number of carbonyl (C=O) groups excluding carboxylic acids is 1. The van der Waals surface area contributed by atoms with Crippen LogP contribution >= 0.6 is 0 Å². The maximum absolute atomic E-state index is 12.0. The summed E-state index contributed by atoms with van der Waals surface area (Å²) in [5.74, 6) is -0.410. The Kier molecular flexibility index (Phi) is 4.68. The van der Waals surface area contributed by atoms with Crippen LogP contribution in [0.5, 0.6) is 0 Å². The summed E-state index contributed by atoms with van der Waals surface area (Å²) in [5.41, 5.74) is 10.7. The first-order valence-corrected chi connectivity index (χ1v) is 10.4. The van der Waals surface area contributed by atoms with Crippen molar-refractivity contribution in [1.29, 1.82) is 0 Å². The van der Waals surface area contributed by atoms with Gasteiger partial charge in [-0.2, -0.15) is 5.10 Å². The number of primary amides is 1. The highest BCUT2D eigenvalue weighted by molar-refractivity contribution is 5.82. The summed E-state index contributed by atoms with van der Waals surface area (Å²) in [4.78, 5) is 14.4. The lowest BCUT2D eigenvalue weighted by Crippen LogP contribution is -2.42. The minimum Gasteiger partial charge on any atom is -0.367 e. The standard InChI is InChI=1S/C24H26N4O2/c1-17-7-8-20-21(13-17)24(30-22(20)23(25)29)9-11-27(12-10-24)15-18-14-26-28(16-18)19-5-3-2-4-6-19/h2-8,13-14,16,22H,9-12,15H2,1H3,(H2,25,29)/t22-/m1/s1. The highest BCUT2D eigenvalue weighted by Crippen LogP contribution is 2.49. The molecule has 5 rings (SSSR count). The molecule has 3 heterocycles. The molecule has 2 aromatic carbocycles. The van der Waals surface area contributed by atoms with Gasteiger partial charge in [0, 0.05) is 31.4 Å². The average molecular weight is 402 g/mol. The van der Waals surface area contributed by atoms with Gasteiger partial charge in [0.25, 0.3) is 5.91 Å². The van der Waals surface area contributed by atoms with Crippen LogP contribution in [0.15, 0.2) is 60.9 Å². The number of nitrogens with zero attached hydrogens (tertiary/aromatic N) is 3. The number of hydrogen-bond donors (Lipinski definition) is 1. The van der Waals surface area contributed by atoms with Crippen molar-refractivity contribution < 1.29 is 9.53 Å². The van der Waals surface area contributed by atoms with Gasteiger partial charge in [-0.25, -0.2) is 4.68 Å². The molecular weight excluding hydrogens is 376 g/mol. The molecule has 1 atom stereocenters. The summed E-state index contributed by atoms with van der Waals surface area (Å²) >= 11 is 0. The molecule has 0 radical (unpaired) electrons. The minimum atomic E-state index is -0.642. The van der Waals surface area contributed by atoms with Crippen LogP contribution in [0.4, 0.5) is 0 Å². The Hall–Kier alpha value is -2.96. The van der Waals surface area contributed by atoms with Crippen molar-refractivity contribution in [1.82, 2.24) is 14.7 Å². The Labute approximate surface area is 176 Å². The highest BCUT2D eigenvalue weighted by Gasteiger charge is 2.48. The number of carbonyl (C=O) groups is 1. The molecule has 0 bridgehead atoms. The molecule has 1 spiro atoms. The molecule has 30 heavy (non-hydrogen) atoms. The molecule has 2 N–H and O–H groups in total. The lowest BCUT2D eigenvalue weighted by atomic mass is 9.82. The maximum Gasteiger partial charge on any atom is 0.251 e. The molecule has 1 aromatic heterocycles. The highest BCUT2D eigenvalue weighted by atomic mass is 16.5. The fourth-order valence-electron chi connectivity index (χ4n) is 4.74. The van der Waals surface area contributed by atoms with Crippen molar-refractivity contribution >= 4 is 5.91 Å². The number of nitrogens with two attached hydrogens (primary N) is 1. The number of hydrogen-bond acceptors (Lipinski definition) is 4. The third-order valence-electron chi connectivity index (χ3n) is 6.31. The largest absolute Gasteiger partial charge is 0.367 e. The lowest BCUT2D eigenvalue weighted by molar-refractivity contribution is -0.148. The van der Waals surface area contributed by atoms with Gasteiger partial charge in [-0.1, -0.05) is 42.0 Å². The predicted octanol–water partition coefficient (Wildman–Crippen LogP) is 3.23.